The van der Waals surface area contributed by atoms with Crippen molar-refractivity contribution in [1.29, 1.82) is 0 Å². The van der Waals surface area contributed by atoms with Gasteiger partial charge in [0.15, 0.2) is 6.23 Å². The molecule has 2 heterocycles. The van der Waals surface area contributed by atoms with Crippen molar-refractivity contribution in [2.24, 2.45) is 0 Å². The summed E-state index contributed by atoms with van der Waals surface area (Å²) >= 11 is 0. The molecule has 1 fully saturated rings. The maximum atomic E-state index is 11.9. The number of nitrogens with zero attached hydrogens (tertiary/aromatic N) is 2. The van der Waals surface area contributed by atoms with E-state index in [1.807, 2.05) is 0 Å². The standard InChI is InChI=1S/C13H20N4O6/c1-15-9(19)3-5-22-11-10(20)7(6-18)23-12(11)17-4-2-8(14)16-13(17)21/h2,4,7,10-12,18,20H,3,5-6H2,1H3,(H,15,19)(H2,14,16,21)/t7-,10?,11+,12-/m1/s1. The maximum Gasteiger partial charge on any atom is 0.351 e. The summed E-state index contributed by atoms with van der Waals surface area (Å²) in [7, 11) is 1.50. The predicted octanol–water partition coefficient (Wildman–Crippen LogP) is -2.40. The number of nitrogen functional groups attached to an aromatic ring is 1. The van der Waals surface area contributed by atoms with Gasteiger partial charge in [0.25, 0.3) is 0 Å². The number of aliphatic hydroxyl groups is 2. The van der Waals surface area contributed by atoms with Gasteiger partial charge in [-0.3, -0.25) is 9.36 Å². The first-order chi connectivity index (χ1) is 11.0. The van der Waals surface area contributed by atoms with Crippen LogP contribution >= 0.6 is 0 Å². The number of aliphatic hydroxyl groups excluding tert-OH is 2. The Hall–Kier alpha value is -2.01. The number of carbonyl (C=O) groups excluding carboxylic acids is 1. The van der Waals surface area contributed by atoms with Gasteiger partial charge in [-0.1, -0.05) is 0 Å². The van der Waals surface area contributed by atoms with Crippen molar-refractivity contribution in [2.75, 3.05) is 26.0 Å². The SMILES string of the molecule is CNC(=O)CCO[C@H]1C(O)[C@@H](CO)O[C@H]1n1ccc(N)nc1=O. The van der Waals surface area contributed by atoms with Gasteiger partial charge in [-0.05, 0) is 6.07 Å². The van der Waals surface area contributed by atoms with Crippen molar-refractivity contribution >= 4 is 11.7 Å². The van der Waals surface area contributed by atoms with Gasteiger partial charge in [0.05, 0.1) is 13.2 Å². The quantitative estimate of drug-likeness (QED) is 0.451. The topological polar surface area (TPSA) is 149 Å². The summed E-state index contributed by atoms with van der Waals surface area (Å²) in [6.45, 7) is -0.416. The third-order valence-corrected chi connectivity index (χ3v) is 3.54. The largest absolute Gasteiger partial charge is 0.394 e. The molecule has 1 aromatic heterocycles. The van der Waals surface area contributed by atoms with Crippen molar-refractivity contribution in [3.63, 3.8) is 0 Å². The van der Waals surface area contributed by atoms with Gasteiger partial charge < -0.3 is 30.7 Å². The number of hydrogen-bond acceptors (Lipinski definition) is 8. The molecule has 4 atom stereocenters. The first kappa shape index (κ1) is 17.3. The lowest BCUT2D eigenvalue weighted by Crippen LogP contribution is -2.38. The molecule has 0 bridgehead atoms. The lowest BCUT2D eigenvalue weighted by atomic mass is 10.1. The first-order valence-electron chi connectivity index (χ1n) is 7.09. The molecule has 0 saturated carbocycles. The van der Waals surface area contributed by atoms with E-state index in [9.17, 15) is 19.8 Å². The van der Waals surface area contributed by atoms with Crippen LogP contribution in [0.1, 0.15) is 12.6 Å². The highest BCUT2D eigenvalue weighted by Gasteiger charge is 2.45. The van der Waals surface area contributed by atoms with Crippen LogP contribution in [0.25, 0.3) is 0 Å². The average molecular weight is 328 g/mol. The van der Waals surface area contributed by atoms with Crippen LogP contribution in [0.2, 0.25) is 0 Å². The van der Waals surface area contributed by atoms with Crippen LogP contribution in [0.4, 0.5) is 5.82 Å². The smallest absolute Gasteiger partial charge is 0.351 e. The summed E-state index contributed by atoms with van der Waals surface area (Å²) in [5.41, 5.74) is 4.77. The Labute approximate surface area is 131 Å². The molecule has 10 nitrogen and oxygen atoms in total. The van der Waals surface area contributed by atoms with Crippen molar-refractivity contribution in [1.82, 2.24) is 14.9 Å². The van der Waals surface area contributed by atoms with Crippen molar-refractivity contribution in [3.05, 3.63) is 22.7 Å². The Balaban J connectivity index is 2.17. The number of hydrogen-bond donors (Lipinski definition) is 4. The van der Waals surface area contributed by atoms with E-state index in [0.717, 1.165) is 4.57 Å². The average Bonchev–Trinajstić information content (AvgIpc) is 2.83. The highest BCUT2D eigenvalue weighted by Crippen LogP contribution is 2.30. The molecule has 1 amide bonds. The van der Waals surface area contributed by atoms with Crippen molar-refractivity contribution < 1.29 is 24.5 Å². The minimum atomic E-state index is -1.15. The number of carbonyl (C=O) groups is 1. The molecule has 128 valence electrons. The van der Waals surface area contributed by atoms with E-state index in [2.05, 4.69) is 10.3 Å². The molecule has 1 aliphatic rings. The van der Waals surface area contributed by atoms with E-state index in [0.29, 0.717) is 0 Å². The van der Waals surface area contributed by atoms with E-state index in [1.165, 1.54) is 19.3 Å². The van der Waals surface area contributed by atoms with Gasteiger partial charge in [0, 0.05) is 19.7 Å². The van der Waals surface area contributed by atoms with E-state index >= 15 is 0 Å². The van der Waals surface area contributed by atoms with Crippen molar-refractivity contribution in [2.45, 2.75) is 31.0 Å². The number of nitrogens with two attached hydrogens (primary N) is 1. The Morgan fingerprint density at radius 2 is 2.35 bits per heavy atom. The molecule has 23 heavy (non-hydrogen) atoms. The highest BCUT2D eigenvalue weighted by atomic mass is 16.6. The Kier molecular flexibility index (Phi) is 5.66. The Bertz CT molecular complexity index is 606. The van der Waals surface area contributed by atoms with Crippen LogP contribution in [0.5, 0.6) is 0 Å². The molecular weight excluding hydrogens is 308 g/mol. The molecule has 2 rings (SSSR count). The third-order valence-electron chi connectivity index (χ3n) is 3.54. The minimum Gasteiger partial charge on any atom is -0.394 e. The van der Waals surface area contributed by atoms with Crippen LogP contribution < -0.4 is 16.7 Å². The second kappa shape index (κ2) is 7.51. The van der Waals surface area contributed by atoms with E-state index in [1.54, 1.807) is 0 Å². The van der Waals surface area contributed by atoms with Gasteiger partial charge in [-0.15, -0.1) is 0 Å². The Morgan fingerprint density at radius 1 is 1.61 bits per heavy atom. The number of nitrogens with one attached hydrogen (secondary N) is 1. The minimum absolute atomic E-state index is 0.0244. The van der Waals surface area contributed by atoms with Gasteiger partial charge in [-0.2, -0.15) is 4.98 Å². The highest BCUT2D eigenvalue weighted by molar-refractivity contribution is 5.75. The number of aromatic nitrogens is 2. The van der Waals surface area contributed by atoms with Gasteiger partial charge in [0.2, 0.25) is 5.91 Å². The second-order valence-corrected chi connectivity index (χ2v) is 5.04. The Morgan fingerprint density at radius 3 is 2.96 bits per heavy atom. The molecule has 0 aromatic carbocycles. The summed E-state index contributed by atoms with van der Waals surface area (Å²) in [5.74, 6) is -0.166. The van der Waals surface area contributed by atoms with Gasteiger partial charge >= 0.3 is 5.69 Å². The van der Waals surface area contributed by atoms with E-state index in [-0.39, 0.29) is 24.8 Å². The second-order valence-electron chi connectivity index (χ2n) is 5.04. The molecule has 10 heteroatoms. The molecule has 5 N–H and O–H groups in total. The molecule has 0 radical (unpaired) electrons. The fraction of sp³-hybridized carbons (Fsp3) is 0.615. The zero-order valence-corrected chi connectivity index (χ0v) is 12.6. The summed E-state index contributed by atoms with van der Waals surface area (Å²) < 4.78 is 12.1. The van der Waals surface area contributed by atoms with E-state index in [4.69, 9.17) is 15.2 Å². The molecule has 1 unspecified atom stereocenters. The van der Waals surface area contributed by atoms with Gasteiger partial charge in [0.1, 0.15) is 24.1 Å². The zero-order valence-electron chi connectivity index (χ0n) is 12.6. The molecular formula is C13H20N4O6. The maximum absolute atomic E-state index is 11.9. The fourth-order valence-corrected chi connectivity index (χ4v) is 2.31. The predicted molar refractivity (Wildman–Crippen MR) is 78.3 cm³/mol. The molecule has 0 spiro atoms. The van der Waals surface area contributed by atoms with Crippen LogP contribution in [0.3, 0.4) is 0 Å². The first-order valence-corrected chi connectivity index (χ1v) is 7.09. The van der Waals surface area contributed by atoms with Crippen molar-refractivity contribution in [3.8, 4) is 0 Å². The molecule has 0 aliphatic carbocycles. The zero-order chi connectivity index (χ0) is 17.0. The summed E-state index contributed by atoms with van der Waals surface area (Å²) in [6.07, 6.45) is -2.51. The van der Waals surface area contributed by atoms with Gasteiger partial charge in [-0.25, -0.2) is 4.79 Å². The molecule has 1 aromatic rings. The number of ether oxygens (including phenoxy) is 2. The van der Waals surface area contributed by atoms with Crippen LogP contribution in [0, 0.1) is 0 Å². The number of rotatable bonds is 6. The summed E-state index contributed by atoms with van der Waals surface area (Å²) in [4.78, 5) is 26.7. The fourth-order valence-electron chi connectivity index (χ4n) is 2.31. The molecule has 1 aliphatic heterocycles. The normalized spacial score (nSPS) is 27.1. The summed E-state index contributed by atoms with van der Waals surface area (Å²) in [5, 5.41) is 21.9. The number of anilines is 1. The number of amides is 1. The monoisotopic (exact) mass is 328 g/mol. The lowest BCUT2D eigenvalue weighted by molar-refractivity contribution is -0.124. The van der Waals surface area contributed by atoms with E-state index < -0.39 is 36.8 Å². The summed E-state index contributed by atoms with van der Waals surface area (Å²) in [6, 6.07) is 1.41. The lowest BCUT2D eigenvalue weighted by Gasteiger charge is -2.22. The van der Waals surface area contributed by atoms with Crippen LogP contribution in [0.15, 0.2) is 17.1 Å². The molecule has 1 saturated heterocycles. The van der Waals surface area contributed by atoms with Crippen LogP contribution in [-0.4, -0.2) is 64.2 Å². The third kappa shape index (κ3) is 3.85. The van der Waals surface area contributed by atoms with Crippen LogP contribution in [-0.2, 0) is 14.3 Å².